The number of nitrogens with zero attached hydrogens (tertiary/aromatic N) is 8. The molecule has 2 aromatic carbocycles. The summed E-state index contributed by atoms with van der Waals surface area (Å²) in [7, 11) is 1.85. The van der Waals surface area contributed by atoms with Crippen molar-refractivity contribution in [3.63, 3.8) is 0 Å². The molecule has 32 heavy (non-hydrogen) atoms. The van der Waals surface area contributed by atoms with Crippen LogP contribution in [0.4, 0.5) is 0 Å². The molecule has 0 atom stereocenters. The van der Waals surface area contributed by atoms with Crippen LogP contribution in [0.15, 0.2) is 79.4 Å². The van der Waals surface area contributed by atoms with Crippen molar-refractivity contribution in [2.45, 2.75) is 6.73 Å². The Bertz CT molecular complexity index is 1530. The van der Waals surface area contributed by atoms with Gasteiger partial charge in [0.25, 0.3) is 0 Å². The first kappa shape index (κ1) is 18.3. The normalized spacial score (nSPS) is 11.4. The van der Waals surface area contributed by atoms with E-state index in [9.17, 15) is 0 Å². The van der Waals surface area contributed by atoms with Crippen LogP contribution in [0.25, 0.3) is 39.3 Å². The highest BCUT2D eigenvalue weighted by Gasteiger charge is 2.14. The van der Waals surface area contributed by atoms with Gasteiger partial charge in [0.1, 0.15) is 17.8 Å². The summed E-state index contributed by atoms with van der Waals surface area (Å²) in [5, 5.41) is 14.1. The van der Waals surface area contributed by atoms with Crippen molar-refractivity contribution in [2.75, 3.05) is 0 Å². The monoisotopic (exact) mass is 422 g/mol. The van der Waals surface area contributed by atoms with Gasteiger partial charge in [-0.1, -0.05) is 42.5 Å². The Morgan fingerprint density at radius 2 is 1.69 bits per heavy atom. The Labute approximate surface area is 182 Å². The van der Waals surface area contributed by atoms with Gasteiger partial charge in [-0.15, -0.1) is 5.10 Å². The van der Waals surface area contributed by atoms with Crippen LogP contribution in [-0.4, -0.2) is 39.1 Å². The summed E-state index contributed by atoms with van der Waals surface area (Å²) in [4.78, 5) is 9.02. The van der Waals surface area contributed by atoms with Crippen molar-refractivity contribution in [3.8, 4) is 28.4 Å². The molecule has 4 heterocycles. The highest BCUT2D eigenvalue weighted by atomic mass is 16.5. The molecule has 0 bridgehead atoms. The molecule has 9 nitrogen and oxygen atoms in total. The van der Waals surface area contributed by atoms with Gasteiger partial charge in [0, 0.05) is 13.2 Å². The van der Waals surface area contributed by atoms with Crippen LogP contribution in [0.5, 0.6) is 5.75 Å². The van der Waals surface area contributed by atoms with E-state index in [1.165, 1.54) is 5.56 Å². The van der Waals surface area contributed by atoms with Crippen LogP contribution in [0.3, 0.4) is 0 Å². The molecule has 0 saturated heterocycles. The molecule has 0 spiro atoms. The first-order valence-electron chi connectivity index (χ1n) is 10.1. The maximum absolute atomic E-state index is 5.88. The third kappa shape index (κ3) is 3.16. The second-order valence-electron chi connectivity index (χ2n) is 7.36. The topological polar surface area (TPSA) is 88.0 Å². The van der Waals surface area contributed by atoms with E-state index in [4.69, 9.17) is 4.74 Å². The lowest BCUT2D eigenvalue weighted by Crippen LogP contribution is -2.05. The molecular weight excluding hydrogens is 404 g/mol. The number of benzene rings is 2. The van der Waals surface area contributed by atoms with Crippen molar-refractivity contribution < 1.29 is 4.74 Å². The molecule has 0 fully saturated rings. The van der Waals surface area contributed by atoms with Gasteiger partial charge in [0.05, 0.1) is 11.6 Å². The molecule has 156 valence electrons. The fourth-order valence-electron chi connectivity index (χ4n) is 3.61. The van der Waals surface area contributed by atoms with E-state index >= 15 is 0 Å². The minimum atomic E-state index is 0.284. The third-order valence-electron chi connectivity index (χ3n) is 5.26. The van der Waals surface area contributed by atoms with Gasteiger partial charge in [0.15, 0.2) is 18.0 Å². The highest BCUT2D eigenvalue weighted by molar-refractivity contribution is 5.88. The second-order valence-corrected chi connectivity index (χ2v) is 7.36. The maximum atomic E-state index is 5.88. The van der Waals surface area contributed by atoms with E-state index < -0.39 is 0 Å². The zero-order valence-electron chi connectivity index (χ0n) is 17.2. The van der Waals surface area contributed by atoms with Gasteiger partial charge in [-0.3, -0.25) is 4.68 Å². The SMILES string of the molecule is Cn1ncc2c1ncn1nc(-c3ccn(COc4ccc(-c5ccccc5)cc4)n3)nc21. The van der Waals surface area contributed by atoms with E-state index in [-0.39, 0.29) is 6.73 Å². The molecule has 0 aliphatic heterocycles. The van der Waals surface area contributed by atoms with Crippen LogP contribution in [0.2, 0.25) is 0 Å². The summed E-state index contributed by atoms with van der Waals surface area (Å²) in [5.41, 5.74) is 4.44. The zero-order valence-corrected chi connectivity index (χ0v) is 17.2. The van der Waals surface area contributed by atoms with Gasteiger partial charge >= 0.3 is 0 Å². The van der Waals surface area contributed by atoms with Gasteiger partial charge in [0.2, 0.25) is 5.82 Å². The van der Waals surface area contributed by atoms with Crippen LogP contribution in [0, 0.1) is 0 Å². The fraction of sp³-hybridized carbons (Fsp3) is 0.0870. The molecule has 0 unspecified atom stereocenters. The van der Waals surface area contributed by atoms with Crippen LogP contribution >= 0.6 is 0 Å². The minimum absolute atomic E-state index is 0.284. The standard InChI is InChI=1S/C23H18N8O/c1-29-22-19(13-25-29)23-26-21(28-31(23)14-24-22)20-11-12-30(27-20)15-32-18-9-7-17(8-10-18)16-5-3-2-4-6-16/h2-14H,15H2,1H3. The number of hydrogen-bond acceptors (Lipinski definition) is 6. The van der Waals surface area contributed by atoms with E-state index in [2.05, 4.69) is 37.4 Å². The number of ether oxygens (including phenoxy) is 1. The Balaban J connectivity index is 1.19. The maximum Gasteiger partial charge on any atom is 0.202 e. The summed E-state index contributed by atoms with van der Waals surface area (Å²) >= 11 is 0. The summed E-state index contributed by atoms with van der Waals surface area (Å²) in [6.45, 7) is 0.284. The quantitative estimate of drug-likeness (QED) is 0.422. The molecule has 4 aromatic heterocycles. The first-order valence-corrected chi connectivity index (χ1v) is 10.1. The average Bonchev–Trinajstić information content (AvgIpc) is 3.57. The van der Waals surface area contributed by atoms with Crippen molar-refractivity contribution in [1.82, 2.24) is 39.1 Å². The van der Waals surface area contributed by atoms with Crippen LogP contribution < -0.4 is 4.74 Å². The van der Waals surface area contributed by atoms with E-state index in [0.29, 0.717) is 17.2 Å². The number of hydrogen-bond donors (Lipinski definition) is 0. The Kier molecular flexibility index (Phi) is 4.17. The molecule has 9 heteroatoms. The first-order chi connectivity index (χ1) is 15.7. The van der Waals surface area contributed by atoms with Crippen LogP contribution in [-0.2, 0) is 13.8 Å². The van der Waals surface area contributed by atoms with Crippen molar-refractivity contribution in [3.05, 3.63) is 79.4 Å². The predicted molar refractivity (Wildman–Crippen MR) is 119 cm³/mol. The summed E-state index contributed by atoms with van der Waals surface area (Å²) in [6.07, 6.45) is 5.22. The molecule has 6 aromatic rings. The molecule has 0 aliphatic carbocycles. The molecule has 0 N–H and O–H groups in total. The smallest absolute Gasteiger partial charge is 0.202 e. The summed E-state index contributed by atoms with van der Waals surface area (Å²) in [5.74, 6) is 1.30. The van der Waals surface area contributed by atoms with Crippen molar-refractivity contribution in [1.29, 1.82) is 0 Å². The third-order valence-corrected chi connectivity index (χ3v) is 5.26. The number of aromatic nitrogens is 8. The summed E-state index contributed by atoms with van der Waals surface area (Å²) in [6, 6.07) is 20.1. The molecular formula is C23H18N8O. The van der Waals surface area contributed by atoms with Gasteiger partial charge in [-0.25, -0.2) is 19.2 Å². The van der Waals surface area contributed by atoms with Gasteiger partial charge in [-0.2, -0.15) is 10.2 Å². The van der Waals surface area contributed by atoms with Crippen LogP contribution in [0.1, 0.15) is 0 Å². The second kappa shape index (κ2) is 7.31. The lowest BCUT2D eigenvalue weighted by Gasteiger charge is -2.07. The van der Waals surface area contributed by atoms with E-state index in [1.807, 2.05) is 61.8 Å². The Morgan fingerprint density at radius 3 is 2.53 bits per heavy atom. The summed E-state index contributed by atoms with van der Waals surface area (Å²) < 4.78 is 10.9. The number of rotatable bonds is 5. The van der Waals surface area contributed by atoms with Crippen molar-refractivity contribution >= 4 is 16.7 Å². The molecule has 6 rings (SSSR count). The largest absolute Gasteiger partial charge is 0.471 e. The Hall–Kier alpha value is -4.53. The number of aryl methyl sites for hydroxylation is 1. The molecule has 0 aliphatic rings. The van der Waals surface area contributed by atoms with Crippen molar-refractivity contribution in [2.24, 2.45) is 7.05 Å². The van der Waals surface area contributed by atoms with E-state index in [1.54, 1.807) is 26.4 Å². The van der Waals surface area contributed by atoms with Gasteiger partial charge < -0.3 is 4.74 Å². The zero-order chi connectivity index (χ0) is 21.5. The fourth-order valence-corrected chi connectivity index (χ4v) is 3.61. The lowest BCUT2D eigenvalue weighted by atomic mass is 10.1. The predicted octanol–water partition coefficient (Wildman–Crippen LogP) is 3.58. The Morgan fingerprint density at radius 1 is 0.875 bits per heavy atom. The van der Waals surface area contributed by atoms with E-state index in [0.717, 1.165) is 22.3 Å². The minimum Gasteiger partial charge on any atom is -0.471 e. The highest BCUT2D eigenvalue weighted by Crippen LogP contribution is 2.23. The number of fused-ring (bicyclic) bond motifs is 3. The molecule has 0 saturated carbocycles. The molecule has 0 amide bonds. The van der Waals surface area contributed by atoms with Gasteiger partial charge in [-0.05, 0) is 29.3 Å². The average molecular weight is 422 g/mol. The lowest BCUT2D eigenvalue weighted by molar-refractivity contribution is 0.221. The molecule has 0 radical (unpaired) electrons.